The molecule has 2 heterocycles. The summed E-state index contributed by atoms with van der Waals surface area (Å²) in [5.41, 5.74) is 1.33. The second kappa shape index (κ2) is 12.1. The quantitative estimate of drug-likeness (QED) is 0.301. The molecule has 4 rings (SSSR count). The van der Waals surface area contributed by atoms with E-state index in [0.717, 1.165) is 45.9 Å². The van der Waals surface area contributed by atoms with Crippen LogP contribution in [0.3, 0.4) is 0 Å². The Labute approximate surface area is 227 Å². The first-order valence-electron chi connectivity index (χ1n) is 11.6. The van der Waals surface area contributed by atoms with Crippen LogP contribution in [0.4, 0.5) is 9.18 Å². The number of hydrogen-bond acceptors (Lipinski definition) is 6. The first-order valence-corrected chi connectivity index (χ1v) is 13.5. The lowest BCUT2D eigenvalue weighted by Crippen LogP contribution is -2.42. The minimum atomic E-state index is -0.478. The van der Waals surface area contributed by atoms with Gasteiger partial charge < -0.3 is 14.4 Å². The number of carbonyl (C=O) groups excluding carboxylic acids is 3. The Hall–Kier alpha value is -2.60. The summed E-state index contributed by atoms with van der Waals surface area (Å²) in [7, 11) is 1.51. The molecule has 0 aromatic heterocycles. The maximum absolute atomic E-state index is 13.5. The molecule has 2 aliphatic rings. The van der Waals surface area contributed by atoms with Gasteiger partial charge in [-0.3, -0.25) is 19.3 Å². The lowest BCUT2D eigenvalue weighted by molar-refractivity contribution is -0.135. The number of thioether (sulfide) groups is 1. The molecule has 7 nitrogen and oxygen atoms in total. The maximum Gasteiger partial charge on any atom is 0.294 e. The first-order chi connectivity index (χ1) is 17.4. The van der Waals surface area contributed by atoms with E-state index in [1.165, 1.54) is 19.2 Å². The van der Waals surface area contributed by atoms with E-state index in [9.17, 15) is 18.8 Å². The fourth-order valence-corrected chi connectivity index (χ4v) is 5.71. The van der Waals surface area contributed by atoms with Gasteiger partial charge in [0.1, 0.15) is 19.0 Å². The second-order valence-electron chi connectivity index (χ2n) is 8.52. The molecule has 2 aliphatic heterocycles. The molecule has 0 unspecified atom stereocenters. The van der Waals surface area contributed by atoms with Crippen LogP contribution in [-0.4, -0.2) is 53.6 Å². The highest BCUT2D eigenvalue weighted by Gasteiger charge is 2.37. The van der Waals surface area contributed by atoms with E-state index in [-0.39, 0.29) is 29.8 Å². The molecule has 2 fully saturated rings. The molecule has 10 heteroatoms. The van der Waals surface area contributed by atoms with Crippen molar-refractivity contribution in [3.05, 3.63) is 61.8 Å². The summed E-state index contributed by atoms with van der Waals surface area (Å²) in [5.74, 6) is -0.0731. The third-order valence-corrected chi connectivity index (χ3v) is 7.66. The number of amides is 3. The molecule has 0 saturated carbocycles. The number of carbonyl (C=O) groups is 3. The molecule has 190 valence electrons. The Morgan fingerprint density at radius 2 is 1.89 bits per heavy atom. The van der Waals surface area contributed by atoms with Crippen molar-refractivity contribution in [3.8, 4) is 11.5 Å². The van der Waals surface area contributed by atoms with Gasteiger partial charge >= 0.3 is 0 Å². The largest absolute Gasteiger partial charge is 0.493 e. The SMILES string of the molecule is COc1cc(C=C2SC(=O)N(CC(=O)N3CCCCCC3)C2=O)cc(I)c1OCc1cccc(F)c1. The van der Waals surface area contributed by atoms with Gasteiger partial charge in [-0.1, -0.05) is 25.0 Å². The number of rotatable bonds is 7. The van der Waals surface area contributed by atoms with E-state index in [2.05, 4.69) is 22.6 Å². The molecule has 36 heavy (non-hydrogen) atoms. The van der Waals surface area contributed by atoms with Crippen LogP contribution < -0.4 is 9.47 Å². The number of hydrogen-bond donors (Lipinski definition) is 0. The monoisotopic (exact) mass is 624 g/mol. The number of halogens is 2. The topological polar surface area (TPSA) is 76.2 Å². The molecule has 0 radical (unpaired) electrons. The van der Waals surface area contributed by atoms with E-state index in [0.29, 0.717) is 35.7 Å². The minimum absolute atomic E-state index is 0.160. The summed E-state index contributed by atoms with van der Waals surface area (Å²) in [4.78, 5) is 41.2. The molecule has 0 N–H and O–H groups in total. The molecule has 3 amide bonds. The van der Waals surface area contributed by atoms with Crippen LogP contribution in [0.15, 0.2) is 41.3 Å². The molecular formula is C26H26FIN2O5S. The highest BCUT2D eigenvalue weighted by atomic mass is 127. The standard InChI is InChI=1S/C26H26FIN2O5S/c1-34-21-13-18(12-20(28)24(21)35-16-17-7-6-8-19(27)11-17)14-22-25(32)30(26(33)36-22)15-23(31)29-9-4-2-3-5-10-29/h6-8,11-14H,2-5,9-10,15-16H2,1H3. The van der Waals surface area contributed by atoms with Crippen molar-refractivity contribution in [2.24, 2.45) is 0 Å². The molecule has 2 aromatic rings. The molecule has 0 spiro atoms. The predicted octanol–water partition coefficient (Wildman–Crippen LogP) is 5.46. The summed E-state index contributed by atoms with van der Waals surface area (Å²) >= 11 is 2.92. The Bertz CT molecular complexity index is 1200. The first kappa shape index (κ1) is 26.5. The average Bonchev–Trinajstić information content (AvgIpc) is 3.04. The van der Waals surface area contributed by atoms with Crippen LogP contribution in [0, 0.1) is 9.39 Å². The highest BCUT2D eigenvalue weighted by Crippen LogP contribution is 2.37. The van der Waals surface area contributed by atoms with E-state index in [4.69, 9.17) is 9.47 Å². The van der Waals surface area contributed by atoms with Crippen molar-refractivity contribution in [2.75, 3.05) is 26.7 Å². The van der Waals surface area contributed by atoms with Gasteiger partial charge in [-0.15, -0.1) is 0 Å². The molecular weight excluding hydrogens is 598 g/mol. The Kier molecular flexibility index (Phi) is 8.89. The third kappa shape index (κ3) is 6.39. The molecule has 0 atom stereocenters. The molecule has 0 aliphatic carbocycles. The van der Waals surface area contributed by atoms with Crippen LogP contribution in [0.1, 0.15) is 36.8 Å². The second-order valence-corrected chi connectivity index (χ2v) is 10.7. The molecule has 2 saturated heterocycles. The lowest BCUT2D eigenvalue weighted by atomic mass is 10.1. The Morgan fingerprint density at radius 3 is 2.58 bits per heavy atom. The zero-order valence-electron chi connectivity index (χ0n) is 19.8. The van der Waals surface area contributed by atoms with E-state index >= 15 is 0 Å². The van der Waals surface area contributed by atoms with Crippen LogP contribution in [-0.2, 0) is 16.2 Å². The van der Waals surface area contributed by atoms with Crippen molar-refractivity contribution in [1.82, 2.24) is 9.80 Å². The number of methoxy groups -OCH3 is 1. The zero-order chi connectivity index (χ0) is 25.7. The Balaban J connectivity index is 1.47. The molecule has 0 bridgehead atoms. The fraction of sp³-hybridized carbons (Fsp3) is 0.346. The predicted molar refractivity (Wildman–Crippen MR) is 144 cm³/mol. The zero-order valence-corrected chi connectivity index (χ0v) is 22.8. The van der Waals surface area contributed by atoms with Gasteiger partial charge in [0.15, 0.2) is 11.5 Å². The summed E-state index contributed by atoms with van der Waals surface area (Å²) in [6.07, 6.45) is 5.67. The van der Waals surface area contributed by atoms with E-state index in [1.54, 1.807) is 35.2 Å². The van der Waals surface area contributed by atoms with Crippen molar-refractivity contribution >= 4 is 57.5 Å². The fourth-order valence-electron chi connectivity index (χ4n) is 4.09. The highest BCUT2D eigenvalue weighted by molar-refractivity contribution is 14.1. The van der Waals surface area contributed by atoms with Crippen LogP contribution >= 0.6 is 34.4 Å². The van der Waals surface area contributed by atoms with Gasteiger partial charge in [0.05, 0.1) is 15.6 Å². The maximum atomic E-state index is 13.5. The van der Waals surface area contributed by atoms with Crippen molar-refractivity contribution < 1.29 is 28.2 Å². The Morgan fingerprint density at radius 1 is 1.14 bits per heavy atom. The van der Waals surface area contributed by atoms with Gasteiger partial charge in [-0.05, 0) is 88.7 Å². The van der Waals surface area contributed by atoms with Crippen molar-refractivity contribution in [2.45, 2.75) is 32.3 Å². The normalized spacial score (nSPS) is 17.5. The summed E-state index contributed by atoms with van der Waals surface area (Å²) in [5, 5.41) is -0.453. The van der Waals surface area contributed by atoms with Crippen LogP contribution in [0.2, 0.25) is 0 Å². The lowest BCUT2D eigenvalue weighted by Gasteiger charge is -2.22. The van der Waals surface area contributed by atoms with Gasteiger partial charge in [0.2, 0.25) is 5.91 Å². The summed E-state index contributed by atoms with van der Waals surface area (Å²) in [6, 6.07) is 9.68. The number of ether oxygens (including phenoxy) is 2. The van der Waals surface area contributed by atoms with Gasteiger partial charge in [0, 0.05) is 13.1 Å². The molecule has 2 aromatic carbocycles. The summed E-state index contributed by atoms with van der Waals surface area (Å²) in [6.45, 7) is 1.25. The third-order valence-electron chi connectivity index (χ3n) is 5.95. The van der Waals surface area contributed by atoms with Gasteiger partial charge in [-0.2, -0.15) is 0 Å². The van der Waals surface area contributed by atoms with Gasteiger partial charge in [0.25, 0.3) is 11.1 Å². The smallest absolute Gasteiger partial charge is 0.294 e. The number of benzene rings is 2. The van der Waals surface area contributed by atoms with E-state index < -0.39 is 11.1 Å². The van der Waals surface area contributed by atoms with Crippen LogP contribution in [0.25, 0.3) is 6.08 Å². The van der Waals surface area contributed by atoms with Gasteiger partial charge in [-0.25, -0.2) is 4.39 Å². The number of likely N-dealkylation sites (tertiary alicyclic amines) is 1. The number of imide groups is 1. The van der Waals surface area contributed by atoms with E-state index in [1.807, 2.05) is 0 Å². The van der Waals surface area contributed by atoms with Crippen molar-refractivity contribution in [1.29, 1.82) is 0 Å². The average molecular weight is 624 g/mol. The van der Waals surface area contributed by atoms with Crippen LogP contribution in [0.5, 0.6) is 11.5 Å². The van der Waals surface area contributed by atoms with Crippen molar-refractivity contribution in [3.63, 3.8) is 0 Å². The number of nitrogens with zero attached hydrogens (tertiary/aromatic N) is 2. The minimum Gasteiger partial charge on any atom is -0.493 e. The summed E-state index contributed by atoms with van der Waals surface area (Å²) < 4.78 is 25.6.